The van der Waals surface area contributed by atoms with Crippen LogP contribution in [0, 0.1) is 11.8 Å². The summed E-state index contributed by atoms with van der Waals surface area (Å²) in [6, 6.07) is 20.8. The van der Waals surface area contributed by atoms with Gasteiger partial charge < -0.3 is 30.0 Å². The van der Waals surface area contributed by atoms with Crippen molar-refractivity contribution in [3.05, 3.63) is 78.4 Å². The van der Waals surface area contributed by atoms with E-state index in [0.717, 1.165) is 0 Å². The SMILES string of the molecule is CCOc1ccccc1NC(=O)C1C(=O)CC(C)(O)C(C(=O)Nc2ccccc2OCC)C1c1ccccc1OC. The van der Waals surface area contributed by atoms with Crippen molar-refractivity contribution >= 4 is 29.0 Å². The van der Waals surface area contributed by atoms with Gasteiger partial charge >= 0.3 is 0 Å². The fourth-order valence-corrected chi connectivity index (χ4v) is 5.53. The van der Waals surface area contributed by atoms with Crippen LogP contribution in [0.15, 0.2) is 72.8 Å². The van der Waals surface area contributed by atoms with E-state index in [0.29, 0.717) is 47.4 Å². The molecule has 0 aliphatic heterocycles. The van der Waals surface area contributed by atoms with Gasteiger partial charge in [0.1, 0.15) is 28.9 Å². The van der Waals surface area contributed by atoms with E-state index in [2.05, 4.69) is 10.6 Å². The Hall–Kier alpha value is -4.37. The Kier molecular flexibility index (Phi) is 9.29. The van der Waals surface area contributed by atoms with E-state index < -0.39 is 47.4 Å². The molecule has 1 aliphatic rings. The summed E-state index contributed by atoms with van der Waals surface area (Å²) in [6.45, 7) is 5.88. The summed E-state index contributed by atoms with van der Waals surface area (Å²) in [6.07, 6.45) is -0.394. The predicted octanol–water partition coefficient (Wildman–Crippen LogP) is 4.81. The number of aliphatic hydroxyl groups is 1. The lowest BCUT2D eigenvalue weighted by Gasteiger charge is -2.44. The smallest absolute Gasteiger partial charge is 0.235 e. The number of benzene rings is 3. The molecule has 216 valence electrons. The number of ketones is 1. The second-order valence-corrected chi connectivity index (χ2v) is 10.1. The molecule has 1 saturated carbocycles. The summed E-state index contributed by atoms with van der Waals surface area (Å²) in [4.78, 5) is 41.7. The van der Waals surface area contributed by atoms with Crippen molar-refractivity contribution in [2.45, 2.75) is 38.7 Å². The number of rotatable bonds is 10. The first kappa shape index (κ1) is 29.6. The first-order valence-electron chi connectivity index (χ1n) is 13.6. The Morgan fingerprint density at radius 2 is 1.32 bits per heavy atom. The van der Waals surface area contributed by atoms with Crippen molar-refractivity contribution in [2.24, 2.45) is 11.8 Å². The van der Waals surface area contributed by atoms with E-state index in [1.807, 2.05) is 13.8 Å². The second-order valence-electron chi connectivity index (χ2n) is 10.1. The van der Waals surface area contributed by atoms with Crippen molar-refractivity contribution in [1.82, 2.24) is 0 Å². The zero-order chi connectivity index (χ0) is 29.6. The van der Waals surface area contributed by atoms with Crippen LogP contribution in [0.4, 0.5) is 11.4 Å². The van der Waals surface area contributed by atoms with Crippen molar-refractivity contribution in [3.63, 3.8) is 0 Å². The molecule has 0 heterocycles. The lowest BCUT2D eigenvalue weighted by atomic mass is 9.61. The van der Waals surface area contributed by atoms with Gasteiger partial charge in [-0.25, -0.2) is 0 Å². The largest absolute Gasteiger partial charge is 0.496 e. The highest BCUT2D eigenvalue weighted by Gasteiger charge is 2.56. The highest BCUT2D eigenvalue weighted by Crippen LogP contribution is 2.49. The van der Waals surface area contributed by atoms with Crippen LogP contribution in [0.1, 0.15) is 38.7 Å². The van der Waals surface area contributed by atoms with Crippen LogP contribution in [0.3, 0.4) is 0 Å². The molecule has 0 aromatic heterocycles. The van der Waals surface area contributed by atoms with E-state index >= 15 is 0 Å². The summed E-state index contributed by atoms with van der Waals surface area (Å²) >= 11 is 0. The van der Waals surface area contributed by atoms with Crippen LogP contribution < -0.4 is 24.8 Å². The average molecular weight is 561 g/mol. The van der Waals surface area contributed by atoms with Gasteiger partial charge in [-0.3, -0.25) is 14.4 Å². The minimum absolute atomic E-state index is 0.382. The zero-order valence-corrected chi connectivity index (χ0v) is 23.7. The molecule has 2 amide bonds. The second kappa shape index (κ2) is 12.9. The molecule has 0 bridgehead atoms. The standard InChI is InChI=1S/C32H36N2O7/c1-5-40-25-17-11-8-14-21(25)33-30(36)28-23(35)19-32(3,38)29(27(28)20-13-7-10-16-24(20)39-4)31(37)34-22-15-9-12-18-26(22)41-6-2/h7-18,27-29,38H,5-6,19H2,1-4H3,(H,33,36)(H,34,37). The van der Waals surface area contributed by atoms with Crippen molar-refractivity contribution in [1.29, 1.82) is 0 Å². The number of hydrogen-bond donors (Lipinski definition) is 3. The number of Topliss-reactive ketones (excluding diaryl/α,β-unsaturated/α-hetero) is 1. The van der Waals surface area contributed by atoms with Gasteiger partial charge in [0.05, 0.1) is 43.2 Å². The Labute approximate surface area is 239 Å². The summed E-state index contributed by atoms with van der Waals surface area (Å²) in [5.74, 6) is -3.91. The van der Waals surface area contributed by atoms with Gasteiger partial charge in [0.25, 0.3) is 0 Å². The van der Waals surface area contributed by atoms with Crippen molar-refractivity contribution in [3.8, 4) is 17.2 Å². The molecule has 3 aromatic rings. The molecule has 4 unspecified atom stereocenters. The maximum absolute atomic E-state index is 14.1. The third-order valence-electron chi connectivity index (χ3n) is 7.22. The molecule has 41 heavy (non-hydrogen) atoms. The lowest BCUT2D eigenvalue weighted by molar-refractivity contribution is -0.150. The van der Waals surface area contributed by atoms with Gasteiger partial charge in [-0.2, -0.15) is 0 Å². The summed E-state index contributed by atoms with van der Waals surface area (Å²) in [5, 5.41) is 17.3. The first-order chi connectivity index (χ1) is 19.7. The fraction of sp³-hybridized carbons (Fsp3) is 0.344. The molecule has 1 aliphatic carbocycles. The number of hydrogen-bond acceptors (Lipinski definition) is 7. The van der Waals surface area contributed by atoms with Gasteiger partial charge in [0.2, 0.25) is 11.8 Å². The molecule has 3 aromatic carbocycles. The van der Waals surface area contributed by atoms with E-state index in [1.165, 1.54) is 14.0 Å². The molecule has 0 spiro atoms. The molecule has 0 radical (unpaired) electrons. The molecule has 9 nitrogen and oxygen atoms in total. The predicted molar refractivity (Wildman–Crippen MR) is 155 cm³/mol. The van der Waals surface area contributed by atoms with Gasteiger partial charge in [-0.15, -0.1) is 0 Å². The number of nitrogens with one attached hydrogen (secondary N) is 2. The number of methoxy groups -OCH3 is 1. The maximum atomic E-state index is 14.1. The third kappa shape index (κ3) is 6.36. The Morgan fingerprint density at radius 1 is 0.829 bits per heavy atom. The number of anilines is 2. The van der Waals surface area contributed by atoms with Gasteiger partial charge in [-0.1, -0.05) is 42.5 Å². The highest BCUT2D eigenvalue weighted by atomic mass is 16.5. The Balaban J connectivity index is 1.80. The number of para-hydroxylation sites is 5. The van der Waals surface area contributed by atoms with Gasteiger partial charge in [0.15, 0.2) is 0 Å². The minimum atomic E-state index is -1.77. The van der Waals surface area contributed by atoms with Crippen LogP contribution in [0.2, 0.25) is 0 Å². The molecule has 3 N–H and O–H groups in total. The number of carbonyl (C=O) groups excluding carboxylic acids is 3. The van der Waals surface area contributed by atoms with E-state index in [4.69, 9.17) is 14.2 Å². The van der Waals surface area contributed by atoms with Crippen LogP contribution in [-0.4, -0.2) is 48.6 Å². The molecule has 4 rings (SSSR count). The van der Waals surface area contributed by atoms with Crippen molar-refractivity contribution in [2.75, 3.05) is 31.0 Å². The van der Waals surface area contributed by atoms with E-state index in [-0.39, 0.29) is 0 Å². The third-order valence-corrected chi connectivity index (χ3v) is 7.22. The summed E-state index contributed by atoms with van der Waals surface area (Å²) in [5.41, 5.74) is -0.500. The number of ether oxygens (including phenoxy) is 3. The zero-order valence-electron chi connectivity index (χ0n) is 23.7. The van der Waals surface area contributed by atoms with Crippen molar-refractivity contribution < 1.29 is 33.7 Å². The summed E-state index contributed by atoms with van der Waals surface area (Å²) < 4.78 is 16.9. The first-order valence-corrected chi connectivity index (χ1v) is 13.6. The molecular formula is C32H36N2O7. The molecule has 1 fully saturated rings. The molecular weight excluding hydrogens is 524 g/mol. The summed E-state index contributed by atoms with van der Waals surface area (Å²) in [7, 11) is 1.47. The number of amides is 2. The normalized spacial score (nSPS) is 22.0. The van der Waals surface area contributed by atoms with Crippen LogP contribution in [-0.2, 0) is 14.4 Å². The quantitative estimate of drug-likeness (QED) is 0.304. The van der Waals surface area contributed by atoms with E-state index in [1.54, 1.807) is 72.8 Å². The maximum Gasteiger partial charge on any atom is 0.235 e. The minimum Gasteiger partial charge on any atom is -0.496 e. The van der Waals surface area contributed by atoms with Gasteiger partial charge in [-0.05, 0) is 56.7 Å². The fourth-order valence-electron chi connectivity index (χ4n) is 5.53. The topological polar surface area (TPSA) is 123 Å². The highest BCUT2D eigenvalue weighted by molar-refractivity contribution is 6.11. The Bertz CT molecular complexity index is 1400. The number of carbonyl (C=O) groups is 3. The van der Waals surface area contributed by atoms with Crippen LogP contribution in [0.25, 0.3) is 0 Å². The molecule has 0 saturated heterocycles. The van der Waals surface area contributed by atoms with Crippen LogP contribution in [0.5, 0.6) is 17.2 Å². The average Bonchev–Trinajstić information content (AvgIpc) is 2.94. The lowest BCUT2D eigenvalue weighted by Crippen LogP contribution is -2.56. The Morgan fingerprint density at radius 3 is 1.85 bits per heavy atom. The van der Waals surface area contributed by atoms with Gasteiger partial charge in [0, 0.05) is 12.3 Å². The van der Waals surface area contributed by atoms with Crippen LogP contribution >= 0.6 is 0 Å². The monoisotopic (exact) mass is 560 g/mol. The molecule has 9 heteroatoms. The van der Waals surface area contributed by atoms with E-state index in [9.17, 15) is 19.5 Å². The molecule has 4 atom stereocenters.